The van der Waals surface area contributed by atoms with E-state index in [9.17, 15) is 0 Å². The van der Waals surface area contributed by atoms with E-state index < -0.39 is 0 Å². The van der Waals surface area contributed by atoms with Gasteiger partial charge in [-0.05, 0) is 11.5 Å². The molecular formula is C9H13N5S. The molecule has 0 bridgehead atoms. The maximum Gasteiger partial charge on any atom is 0.139 e. The molecule has 0 aromatic carbocycles. The van der Waals surface area contributed by atoms with Crippen LogP contribution in [0.2, 0.25) is 0 Å². The van der Waals surface area contributed by atoms with E-state index in [0.29, 0.717) is 5.82 Å². The average molecular weight is 223 g/mol. The minimum absolute atomic E-state index is 0.571. The first kappa shape index (κ1) is 9.97. The smallest absolute Gasteiger partial charge is 0.139 e. The summed E-state index contributed by atoms with van der Waals surface area (Å²) in [4.78, 5) is 6.34. The van der Waals surface area contributed by atoms with E-state index in [4.69, 9.17) is 5.73 Å². The van der Waals surface area contributed by atoms with E-state index in [2.05, 4.69) is 14.3 Å². The molecule has 0 unspecified atom stereocenters. The number of hydrogen-bond acceptors (Lipinski definition) is 5. The zero-order valence-electron chi connectivity index (χ0n) is 8.71. The molecule has 2 aromatic heterocycles. The van der Waals surface area contributed by atoms with Crippen molar-refractivity contribution in [2.24, 2.45) is 7.05 Å². The second-order valence-corrected chi connectivity index (χ2v) is 4.18. The number of anilines is 2. The van der Waals surface area contributed by atoms with Gasteiger partial charge >= 0.3 is 0 Å². The lowest BCUT2D eigenvalue weighted by Crippen LogP contribution is -2.17. The lowest BCUT2D eigenvalue weighted by molar-refractivity contribution is 0.765. The predicted molar refractivity (Wildman–Crippen MR) is 61.8 cm³/mol. The van der Waals surface area contributed by atoms with Crippen molar-refractivity contribution >= 4 is 22.4 Å². The Morgan fingerprint density at radius 3 is 2.93 bits per heavy atom. The number of hydrogen-bond donors (Lipinski definition) is 1. The molecule has 2 heterocycles. The number of aromatic nitrogens is 3. The fourth-order valence-electron chi connectivity index (χ4n) is 1.30. The van der Waals surface area contributed by atoms with Crippen LogP contribution in [0.25, 0.3) is 0 Å². The van der Waals surface area contributed by atoms with Crippen molar-refractivity contribution in [2.75, 3.05) is 17.7 Å². The van der Waals surface area contributed by atoms with Crippen molar-refractivity contribution in [2.45, 2.75) is 6.54 Å². The Balaban J connectivity index is 2.10. The summed E-state index contributed by atoms with van der Waals surface area (Å²) in [7, 11) is 3.98. The Morgan fingerprint density at radius 1 is 1.60 bits per heavy atom. The summed E-state index contributed by atoms with van der Waals surface area (Å²) in [5.41, 5.74) is 5.57. The summed E-state index contributed by atoms with van der Waals surface area (Å²) in [6, 6.07) is 1.87. The first-order chi connectivity index (χ1) is 7.16. The first-order valence-corrected chi connectivity index (χ1v) is 5.33. The van der Waals surface area contributed by atoms with Gasteiger partial charge in [0.05, 0.1) is 6.54 Å². The molecule has 0 amide bonds. The summed E-state index contributed by atoms with van der Waals surface area (Å²) in [5.74, 6) is 1.59. The number of aryl methyl sites for hydroxylation is 1. The number of nitrogen functional groups attached to an aromatic ring is 1. The number of nitrogens with two attached hydrogens (primary N) is 1. The van der Waals surface area contributed by atoms with Crippen molar-refractivity contribution in [3.63, 3.8) is 0 Å². The summed E-state index contributed by atoms with van der Waals surface area (Å²) in [5, 5.41) is 1.05. The van der Waals surface area contributed by atoms with E-state index in [-0.39, 0.29) is 0 Å². The van der Waals surface area contributed by atoms with Crippen molar-refractivity contribution in [1.82, 2.24) is 13.9 Å². The van der Waals surface area contributed by atoms with Crippen molar-refractivity contribution in [3.05, 3.63) is 24.3 Å². The normalized spacial score (nSPS) is 10.5. The third kappa shape index (κ3) is 2.10. The van der Waals surface area contributed by atoms with Gasteiger partial charge in [0.1, 0.15) is 16.6 Å². The third-order valence-corrected chi connectivity index (χ3v) is 3.11. The van der Waals surface area contributed by atoms with Gasteiger partial charge in [-0.3, -0.25) is 0 Å². The molecular weight excluding hydrogens is 210 g/mol. The van der Waals surface area contributed by atoms with Crippen LogP contribution < -0.4 is 10.6 Å². The van der Waals surface area contributed by atoms with Crippen molar-refractivity contribution < 1.29 is 0 Å². The molecule has 0 spiro atoms. The van der Waals surface area contributed by atoms with Crippen LogP contribution in [0.4, 0.5) is 10.8 Å². The fraction of sp³-hybridized carbons (Fsp3) is 0.333. The van der Waals surface area contributed by atoms with Gasteiger partial charge in [-0.1, -0.05) is 0 Å². The lowest BCUT2D eigenvalue weighted by atomic mass is 10.5. The molecule has 2 N–H and O–H groups in total. The van der Waals surface area contributed by atoms with Crippen LogP contribution in [-0.4, -0.2) is 21.0 Å². The van der Waals surface area contributed by atoms with Crippen LogP contribution in [0.5, 0.6) is 0 Å². The average Bonchev–Trinajstić information content (AvgIpc) is 2.77. The van der Waals surface area contributed by atoms with Crippen molar-refractivity contribution in [3.8, 4) is 0 Å². The quantitative estimate of drug-likeness (QED) is 0.846. The molecule has 15 heavy (non-hydrogen) atoms. The molecule has 5 nitrogen and oxygen atoms in total. The van der Waals surface area contributed by atoms with Crippen LogP contribution >= 0.6 is 11.5 Å². The predicted octanol–water partition coefficient (Wildman–Crippen LogP) is 1.10. The molecule has 0 atom stereocenters. The second-order valence-electron chi connectivity index (χ2n) is 3.40. The Morgan fingerprint density at radius 2 is 2.40 bits per heavy atom. The topological polar surface area (TPSA) is 60.0 Å². The summed E-state index contributed by atoms with van der Waals surface area (Å²) in [6.45, 7) is 0.755. The van der Waals surface area contributed by atoms with Gasteiger partial charge < -0.3 is 15.2 Å². The molecule has 0 aliphatic carbocycles. The van der Waals surface area contributed by atoms with E-state index in [1.165, 1.54) is 11.5 Å². The monoisotopic (exact) mass is 223 g/mol. The maximum absolute atomic E-state index is 5.57. The fourth-order valence-corrected chi connectivity index (χ4v) is 1.93. The second kappa shape index (κ2) is 3.90. The summed E-state index contributed by atoms with van der Waals surface area (Å²) in [6.07, 6.45) is 3.73. The van der Waals surface area contributed by atoms with E-state index in [1.54, 1.807) is 6.20 Å². The van der Waals surface area contributed by atoms with E-state index >= 15 is 0 Å². The van der Waals surface area contributed by atoms with Crippen LogP contribution in [-0.2, 0) is 13.6 Å². The molecule has 0 radical (unpaired) electrons. The highest BCUT2D eigenvalue weighted by atomic mass is 32.1. The van der Waals surface area contributed by atoms with Crippen LogP contribution in [0, 0.1) is 0 Å². The Bertz CT molecular complexity index is 447. The van der Waals surface area contributed by atoms with Crippen LogP contribution in [0.15, 0.2) is 18.5 Å². The van der Waals surface area contributed by atoms with E-state index in [0.717, 1.165) is 17.4 Å². The third-order valence-electron chi connectivity index (χ3n) is 2.19. The molecule has 2 aromatic rings. The van der Waals surface area contributed by atoms with Gasteiger partial charge in [0.25, 0.3) is 0 Å². The van der Waals surface area contributed by atoms with Gasteiger partial charge in [0.2, 0.25) is 0 Å². The highest BCUT2D eigenvalue weighted by Gasteiger charge is 2.08. The number of imidazole rings is 1. The SMILES string of the molecule is CN(Cc1nccn1C)c1cc(N)ns1. The first-order valence-electron chi connectivity index (χ1n) is 4.56. The Hall–Kier alpha value is -1.56. The van der Waals surface area contributed by atoms with Gasteiger partial charge in [-0.2, -0.15) is 4.37 Å². The Labute approximate surface area is 92.3 Å². The standard InChI is InChI=1S/C9H13N5S/c1-13-4-3-11-8(13)6-14(2)9-5-7(10)12-15-9/h3-5H,6H2,1-2H3,(H2,10,12). The highest BCUT2D eigenvalue weighted by molar-refractivity contribution is 7.10. The van der Waals surface area contributed by atoms with Crippen molar-refractivity contribution in [1.29, 1.82) is 0 Å². The lowest BCUT2D eigenvalue weighted by Gasteiger charge is -2.15. The van der Waals surface area contributed by atoms with Gasteiger partial charge in [-0.25, -0.2) is 4.98 Å². The Kier molecular flexibility index (Phi) is 2.59. The minimum atomic E-state index is 0.571. The molecule has 2 rings (SSSR count). The maximum atomic E-state index is 5.57. The van der Waals surface area contributed by atoms with E-state index in [1.807, 2.05) is 30.9 Å². The highest BCUT2D eigenvalue weighted by Crippen LogP contribution is 2.22. The van der Waals surface area contributed by atoms with Gasteiger partial charge in [0, 0.05) is 32.6 Å². The van der Waals surface area contributed by atoms with Gasteiger partial charge in [0.15, 0.2) is 0 Å². The number of nitrogens with zero attached hydrogens (tertiary/aromatic N) is 4. The van der Waals surface area contributed by atoms with Crippen LogP contribution in [0.3, 0.4) is 0 Å². The summed E-state index contributed by atoms with van der Waals surface area (Å²) < 4.78 is 6.04. The molecule has 0 fully saturated rings. The molecule has 80 valence electrons. The molecule has 6 heteroatoms. The van der Waals surface area contributed by atoms with Gasteiger partial charge in [-0.15, -0.1) is 0 Å². The van der Waals surface area contributed by atoms with Crippen LogP contribution in [0.1, 0.15) is 5.82 Å². The zero-order valence-corrected chi connectivity index (χ0v) is 9.53. The zero-order chi connectivity index (χ0) is 10.8. The summed E-state index contributed by atoms with van der Waals surface area (Å²) >= 11 is 1.40. The molecule has 0 aliphatic rings. The minimum Gasteiger partial charge on any atom is -0.383 e. The molecule has 0 saturated heterocycles. The number of rotatable bonds is 3. The molecule has 0 saturated carbocycles. The largest absolute Gasteiger partial charge is 0.383 e. The molecule has 0 aliphatic heterocycles.